The molecule has 1 aromatic rings. The third-order valence-electron chi connectivity index (χ3n) is 2.78. The van der Waals surface area contributed by atoms with Gasteiger partial charge in [0.15, 0.2) is 5.82 Å². The maximum absolute atomic E-state index is 12.1. The number of nitrogens with zero attached hydrogens (tertiary/aromatic N) is 1. The number of thioether (sulfide) groups is 1. The molecule has 18 heavy (non-hydrogen) atoms. The summed E-state index contributed by atoms with van der Waals surface area (Å²) in [6, 6.07) is 3.05. The van der Waals surface area contributed by atoms with Gasteiger partial charge in [0.05, 0.1) is 0 Å². The Balaban J connectivity index is 2.09. The number of anilines is 1. The average molecular weight is 288 g/mol. The third kappa shape index (κ3) is 3.14. The fourth-order valence-corrected chi connectivity index (χ4v) is 4.28. The van der Waals surface area contributed by atoms with Gasteiger partial charge in [-0.15, -0.1) is 0 Å². The lowest BCUT2D eigenvalue weighted by molar-refractivity contribution is 0.546. The number of hydrogen-bond donors (Lipinski definition) is 3. The lowest BCUT2D eigenvalue weighted by atomic mass is 10.1. The fraction of sp³-hybridized carbons (Fsp3) is 0.500. The number of aromatic nitrogens is 1. The summed E-state index contributed by atoms with van der Waals surface area (Å²) in [4.78, 5) is 3.97. The molecule has 8 heteroatoms. The van der Waals surface area contributed by atoms with Crippen LogP contribution in [0, 0.1) is 5.92 Å². The van der Waals surface area contributed by atoms with Gasteiger partial charge in [0.25, 0.3) is 0 Å². The number of pyridine rings is 1. The second kappa shape index (κ2) is 5.87. The van der Waals surface area contributed by atoms with Crippen molar-refractivity contribution in [1.29, 1.82) is 0 Å². The number of rotatable bonds is 5. The zero-order chi connectivity index (χ0) is 13.0. The number of hydrazine groups is 1. The Bertz CT molecular complexity index is 500. The quantitative estimate of drug-likeness (QED) is 0.536. The van der Waals surface area contributed by atoms with E-state index in [0.29, 0.717) is 12.5 Å². The molecule has 1 aliphatic heterocycles. The molecule has 1 saturated heterocycles. The molecule has 0 aliphatic carbocycles. The molecule has 1 fully saturated rings. The van der Waals surface area contributed by atoms with Gasteiger partial charge in [-0.25, -0.2) is 24.0 Å². The molecule has 0 amide bonds. The maximum atomic E-state index is 12.1. The summed E-state index contributed by atoms with van der Waals surface area (Å²) in [5, 5.41) is 0. The summed E-state index contributed by atoms with van der Waals surface area (Å²) in [7, 11) is -3.55. The molecule has 0 radical (unpaired) electrons. The van der Waals surface area contributed by atoms with E-state index in [-0.39, 0.29) is 10.7 Å². The smallest absolute Gasteiger partial charge is 0.244 e. The van der Waals surface area contributed by atoms with E-state index in [0.717, 1.165) is 17.9 Å². The zero-order valence-corrected chi connectivity index (χ0v) is 11.4. The minimum absolute atomic E-state index is 0.0816. The molecule has 1 aromatic heterocycles. The first-order valence-corrected chi connectivity index (χ1v) is 8.26. The van der Waals surface area contributed by atoms with Crippen molar-refractivity contribution in [3.8, 4) is 0 Å². The second-order valence-corrected chi connectivity index (χ2v) is 6.96. The van der Waals surface area contributed by atoms with E-state index in [4.69, 9.17) is 5.84 Å². The van der Waals surface area contributed by atoms with Gasteiger partial charge in [0.1, 0.15) is 4.90 Å². The molecule has 1 aliphatic rings. The van der Waals surface area contributed by atoms with Crippen LogP contribution in [-0.2, 0) is 10.0 Å². The largest absolute Gasteiger partial charge is 0.307 e. The molecular formula is C10H16N4O2S2. The first-order valence-electron chi connectivity index (χ1n) is 5.62. The van der Waals surface area contributed by atoms with Crippen LogP contribution < -0.4 is 16.0 Å². The van der Waals surface area contributed by atoms with Gasteiger partial charge in [0.2, 0.25) is 10.0 Å². The Labute approximate surface area is 111 Å². The van der Waals surface area contributed by atoms with Gasteiger partial charge in [-0.2, -0.15) is 11.8 Å². The van der Waals surface area contributed by atoms with Crippen LogP contribution in [0.3, 0.4) is 0 Å². The van der Waals surface area contributed by atoms with E-state index >= 15 is 0 Å². The van der Waals surface area contributed by atoms with Crippen LogP contribution in [0.4, 0.5) is 5.82 Å². The number of hydrogen-bond acceptors (Lipinski definition) is 6. The average Bonchev–Trinajstić information content (AvgIpc) is 2.89. The Morgan fingerprint density at radius 1 is 1.56 bits per heavy atom. The van der Waals surface area contributed by atoms with Gasteiger partial charge < -0.3 is 5.43 Å². The minimum atomic E-state index is -3.55. The molecule has 0 saturated carbocycles. The van der Waals surface area contributed by atoms with Crippen LogP contribution in [0.1, 0.15) is 6.42 Å². The van der Waals surface area contributed by atoms with Crippen molar-refractivity contribution in [3.63, 3.8) is 0 Å². The highest BCUT2D eigenvalue weighted by Gasteiger charge is 2.22. The summed E-state index contributed by atoms with van der Waals surface area (Å²) in [6.45, 7) is 0.467. The molecule has 4 N–H and O–H groups in total. The van der Waals surface area contributed by atoms with Crippen LogP contribution >= 0.6 is 11.8 Å². The van der Waals surface area contributed by atoms with Gasteiger partial charge in [-0.1, -0.05) is 0 Å². The Morgan fingerprint density at radius 2 is 2.39 bits per heavy atom. The van der Waals surface area contributed by atoms with Crippen LogP contribution in [0.25, 0.3) is 0 Å². The normalized spacial score (nSPS) is 19.9. The Hall–Kier alpha value is -0.830. The predicted octanol–water partition coefficient (Wildman–Crippen LogP) is 0.399. The van der Waals surface area contributed by atoms with Crippen molar-refractivity contribution in [2.75, 3.05) is 23.5 Å². The third-order valence-corrected chi connectivity index (χ3v) is 5.47. The van der Waals surface area contributed by atoms with Crippen LogP contribution in [-0.4, -0.2) is 31.5 Å². The topological polar surface area (TPSA) is 97.1 Å². The second-order valence-electron chi connectivity index (χ2n) is 4.08. The van der Waals surface area contributed by atoms with E-state index in [2.05, 4.69) is 15.1 Å². The van der Waals surface area contributed by atoms with Crippen molar-refractivity contribution >= 4 is 27.6 Å². The highest BCUT2D eigenvalue weighted by Crippen LogP contribution is 2.23. The van der Waals surface area contributed by atoms with Gasteiger partial charge in [0, 0.05) is 12.7 Å². The van der Waals surface area contributed by atoms with Gasteiger partial charge in [-0.05, 0) is 36.0 Å². The van der Waals surface area contributed by atoms with E-state index in [9.17, 15) is 8.42 Å². The van der Waals surface area contributed by atoms with Crippen molar-refractivity contribution in [2.24, 2.45) is 11.8 Å². The summed E-state index contributed by atoms with van der Waals surface area (Å²) in [6.07, 6.45) is 2.55. The van der Waals surface area contributed by atoms with Crippen LogP contribution in [0.5, 0.6) is 0 Å². The molecule has 0 bridgehead atoms. The van der Waals surface area contributed by atoms with Crippen LogP contribution in [0.2, 0.25) is 0 Å². The van der Waals surface area contributed by atoms with E-state index in [1.807, 2.05) is 11.8 Å². The molecule has 100 valence electrons. The molecule has 0 spiro atoms. The SMILES string of the molecule is NNc1ncccc1S(=O)(=O)NCC1CCSC1. The molecular weight excluding hydrogens is 272 g/mol. The van der Waals surface area contributed by atoms with Crippen molar-refractivity contribution in [3.05, 3.63) is 18.3 Å². The molecule has 2 heterocycles. The molecule has 1 atom stereocenters. The number of nitrogens with one attached hydrogen (secondary N) is 2. The molecule has 1 unspecified atom stereocenters. The van der Waals surface area contributed by atoms with E-state index in [1.165, 1.54) is 12.3 Å². The summed E-state index contributed by atoms with van der Waals surface area (Å²) >= 11 is 1.86. The molecule has 0 aromatic carbocycles. The Kier molecular flexibility index (Phi) is 4.44. The lowest BCUT2D eigenvalue weighted by Crippen LogP contribution is -2.30. The monoisotopic (exact) mass is 288 g/mol. The molecule has 2 rings (SSSR count). The zero-order valence-electron chi connectivity index (χ0n) is 9.80. The van der Waals surface area contributed by atoms with Gasteiger partial charge in [-0.3, -0.25) is 0 Å². The number of nitrogens with two attached hydrogens (primary N) is 1. The van der Waals surface area contributed by atoms with E-state index < -0.39 is 10.0 Å². The summed E-state index contributed by atoms with van der Waals surface area (Å²) < 4.78 is 26.8. The molecule has 6 nitrogen and oxygen atoms in total. The maximum Gasteiger partial charge on any atom is 0.244 e. The van der Waals surface area contributed by atoms with Crippen molar-refractivity contribution in [2.45, 2.75) is 11.3 Å². The number of nitrogen functional groups attached to an aromatic ring is 1. The van der Waals surface area contributed by atoms with Gasteiger partial charge >= 0.3 is 0 Å². The standard InChI is InChI=1S/C10H16N4O2S2/c11-14-10-9(2-1-4-12-10)18(15,16)13-6-8-3-5-17-7-8/h1-2,4,8,13H,3,5-7,11H2,(H,12,14). The lowest BCUT2D eigenvalue weighted by Gasteiger charge is -2.12. The highest BCUT2D eigenvalue weighted by molar-refractivity contribution is 7.99. The van der Waals surface area contributed by atoms with Crippen molar-refractivity contribution in [1.82, 2.24) is 9.71 Å². The summed E-state index contributed by atoms with van der Waals surface area (Å²) in [5.74, 6) is 7.95. The fourth-order valence-electron chi connectivity index (χ4n) is 1.77. The summed E-state index contributed by atoms with van der Waals surface area (Å²) in [5.41, 5.74) is 2.30. The first kappa shape index (κ1) is 13.6. The minimum Gasteiger partial charge on any atom is -0.307 e. The Morgan fingerprint density at radius 3 is 3.06 bits per heavy atom. The first-order chi connectivity index (χ1) is 8.63. The van der Waals surface area contributed by atoms with E-state index in [1.54, 1.807) is 6.07 Å². The number of sulfonamides is 1. The van der Waals surface area contributed by atoms with Crippen molar-refractivity contribution < 1.29 is 8.42 Å². The highest BCUT2D eigenvalue weighted by atomic mass is 32.2. The predicted molar refractivity (Wildman–Crippen MR) is 72.7 cm³/mol. The van der Waals surface area contributed by atoms with Crippen LogP contribution in [0.15, 0.2) is 23.2 Å².